The average Bonchev–Trinajstić information content (AvgIpc) is 2.78. The summed E-state index contributed by atoms with van der Waals surface area (Å²) in [7, 11) is 0. The summed E-state index contributed by atoms with van der Waals surface area (Å²) in [6.07, 6.45) is 0.974. The molecule has 1 unspecified atom stereocenters. The van der Waals surface area contributed by atoms with E-state index in [-0.39, 0.29) is 40.2 Å². The lowest BCUT2D eigenvalue weighted by Gasteiger charge is -2.36. The monoisotopic (exact) mass is 431 g/mol. The van der Waals surface area contributed by atoms with E-state index in [1.165, 1.54) is 16.2 Å². The van der Waals surface area contributed by atoms with Crippen LogP contribution in [0.1, 0.15) is 33.6 Å². The first kappa shape index (κ1) is 20.8. The number of aliphatic hydroxyl groups is 1. The Hall–Kier alpha value is -1.97. The van der Waals surface area contributed by atoms with Crippen LogP contribution in [0.2, 0.25) is 10.4 Å². The number of nitrogens with zero attached hydrogens (tertiary/aromatic N) is 5. The maximum atomic E-state index is 14.4. The number of aromatic nitrogens is 3. The number of hydrogen-bond acceptors (Lipinski definition) is 7. The molecule has 1 aliphatic rings. The van der Waals surface area contributed by atoms with Gasteiger partial charge in [-0.3, -0.25) is 5.01 Å². The number of ether oxygens (including phenoxy) is 1. The summed E-state index contributed by atoms with van der Waals surface area (Å²) in [5, 5.41) is 12.7. The highest BCUT2D eigenvalue weighted by Gasteiger charge is 2.33. The van der Waals surface area contributed by atoms with Crippen LogP contribution in [-0.2, 0) is 4.74 Å². The predicted molar refractivity (Wildman–Crippen MR) is 103 cm³/mol. The molecule has 1 fully saturated rings. The lowest BCUT2D eigenvalue weighted by molar-refractivity contribution is 0.0227. The number of β-amino-alcohol motifs (C(OH)–C–C–N with tert-alkyl or cyclic N) is 1. The zero-order valence-corrected chi connectivity index (χ0v) is 17.1. The first-order valence-corrected chi connectivity index (χ1v) is 9.45. The second-order valence-electron chi connectivity index (χ2n) is 7.42. The van der Waals surface area contributed by atoms with E-state index >= 15 is 0 Å². The lowest BCUT2D eigenvalue weighted by Crippen LogP contribution is -2.50. The van der Waals surface area contributed by atoms with Crippen molar-refractivity contribution in [2.75, 3.05) is 18.1 Å². The Labute approximate surface area is 171 Å². The second kappa shape index (κ2) is 7.81. The van der Waals surface area contributed by atoms with E-state index in [0.29, 0.717) is 12.8 Å². The highest BCUT2D eigenvalue weighted by molar-refractivity contribution is 6.30. The molecule has 0 radical (unpaired) electrons. The molecule has 0 aliphatic carbocycles. The maximum absolute atomic E-state index is 14.4. The van der Waals surface area contributed by atoms with Gasteiger partial charge in [0.15, 0.2) is 16.8 Å². The molecule has 3 rings (SSSR count). The molecule has 11 heteroatoms. The standard InChI is InChI=1S/C17H20Cl2FN5O3/c1-17(2,3)28-16(27)24-6-4-5-9(26)8-25(24)14-10-7-21-13(18)11(20)12(10)22-15(19)23-14/h7,9,26H,4-6,8H2,1-3H3. The van der Waals surface area contributed by atoms with Crippen LogP contribution in [0.4, 0.5) is 15.0 Å². The Balaban J connectivity index is 2.14. The summed E-state index contributed by atoms with van der Waals surface area (Å²) in [6, 6.07) is 0. The van der Waals surface area contributed by atoms with Crippen molar-refractivity contribution >= 4 is 46.0 Å². The normalized spacial score (nSPS) is 18.3. The molecule has 0 bridgehead atoms. The van der Waals surface area contributed by atoms with Crippen molar-refractivity contribution in [2.45, 2.75) is 45.3 Å². The molecule has 3 heterocycles. The fraction of sp³-hybridized carbons (Fsp3) is 0.529. The van der Waals surface area contributed by atoms with Crippen molar-refractivity contribution < 1.29 is 19.0 Å². The van der Waals surface area contributed by atoms with Crippen LogP contribution in [0.25, 0.3) is 10.9 Å². The van der Waals surface area contributed by atoms with Crippen LogP contribution in [0, 0.1) is 5.82 Å². The van der Waals surface area contributed by atoms with E-state index in [1.807, 2.05) is 0 Å². The number of aliphatic hydroxyl groups excluding tert-OH is 1. The second-order valence-corrected chi connectivity index (χ2v) is 8.12. The molecule has 28 heavy (non-hydrogen) atoms. The van der Waals surface area contributed by atoms with Gasteiger partial charge >= 0.3 is 6.09 Å². The quantitative estimate of drug-likeness (QED) is 0.544. The minimum atomic E-state index is -0.844. The summed E-state index contributed by atoms with van der Waals surface area (Å²) in [5.41, 5.74) is -0.849. The van der Waals surface area contributed by atoms with E-state index < -0.39 is 23.6 Å². The predicted octanol–water partition coefficient (Wildman–Crippen LogP) is 3.58. The minimum absolute atomic E-state index is 0.0337. The number of pyridine rings is 1. The molecule has 0 saturated carbocycles. The van der Waals surface area contributed by atoms with Crippen LogP contribution < -0.4 is 5.01 Å². The molecule has 1 saturated heterocycles. The summed E-state index contributed by atoms with van der Waals surface area (Å²) in [5.74, 6) is -0.714. The molecule has 1 atom stereocenters. The lowest BCUT2D eigenvalue weighted by atomic mass is 10.2. The fourth-order valence-electron chi connectivity index (χ4n) is 2.88. The Bertz CT molecular complexity index is 908. The molecular weight excluding hydrogens is 412 g/mol. The smallest absolute Gasteiger partial charge is 0.429 e. The minimum Gasteiger partial charge on any atom is -0.442 e. The van der Waals surface area contributed by atoms with Crippen molar-refractivity contribution in [3.05, 3.63) is 22.5 Å². The van der Waals surface area contributed by atoms with E-state index in [2.05, 4.69) is 15.0 Å². The van der Waals surface area contributed by atoms with Gasteiger partial charge in [-0.25, -0.2) is 24.2 Å². The van der Waals surface area contributed by atoms with Crippen LogP contribution >= 0.6 is 23.2 Å². The van der Waals surface area contributed by atoms with Gasteiger partial charge in [0, 0.05) is 12.7 Å². The molecule has 1 N–H and O–H groups in total. The van der Waals surface area contributed by atoms with Crippen molar-refractivity contribution in [2.24, 2.45) is 0 Å². The van der Waals surface area contributed by atoms with E-state index in [9.17, 15) is 14.3 Å². The van der Waals surface area contributed by atoms with Crippen molar-refractivity contribution in [3.63, 3.8) is 0 Å². The largest absolute Gasteiger partial charge is 0.442 e. The highest BCUT2D eigenvalue weighted by atomic mass is 35.5. The number of amides is 1. The number of carbonyl (C=O) groups excluding carboxylic acids is 1. The molecule has 1 amide bonds. The SMILES string of the molecule is CC(C)(C)OC(=O)N1CCCC(O)CN1c1nc(Cl)nc2c(F)c(Cl)ncc12. The third-order valence-electron chi connectivity index (χ3n) is 4.03. The number of carbonyl (C=O) groups is 1. The Morgan fingerprint density at radius 2 is 2.07 bits per heavy atom. The fourth-order valence-corrected chi connectivity index (χ4v) is 3.18. The molecule has 2 aromatic heterocycles. The van der Waals surface area contributed by atoms with Gasteiger partial charge in [-0.2, -0.15) is 4.98 Å². The number of rotatable bonds is 1. The Morgan fingerprint density at radius 3 is 2.75 bits per heavy atom. The van der Waals surface area contributed by atoms with Crippen molar-refractivity contribution in [3.8, 4) is 0 Å². The van der Waals surface area contributed by atoms with Gasteiger partial charge in [0.05, 0.1) is 18.0 Å². The van der Waals surface area contributed by atoms with E-state index in [4.69, 9.17) is 27.9 Å². The van der Waals surface area contributed by atoms with Gasteiger partial charge in [0.25, 0.3) is 0 Å². The van der Waals surface area contributed by atoms with Crippen LogP contribution in [0.15, 0.2) is 6.20 Å². The van der Waals surface area contributed by atoms with Crippen molar-refractivity contribution in [1.82, 2.24) is 20.0 Å². The topological polar surface area (TPSA) is 91.7 Å². The van der Waals surface area contributed by atoms with Gasteiger partial charge in [-0.05, 0) is 45.2 Å². The molecule has 8 nitrogen and oxygen atoms in total. The number of anilines is 1. The average molecular weight is 432 g/mol. The molecule has 1 aliphatic heterocycles. The molecule has 2 aromatic rings. The molecule has 0 spiro atoms. The maximum Gasteiger partial charge on any atom is 0.429 e. The van der Waals surface area contributed by atoms with Gasteiger partial charge in [-0.15, -0.1) is 0 Å². The summed E-state index contributed by atoms with van der Waals surface area (Å²) < 4.78 is 19.9. The summed E-state index contributed by atoms with van der Waals surface area (Å²) in [4.78, 5) is 24.7. The van der Waals surface area contributed by atoms with Gasteiger partial charge in [0.2, 0.25) is 5.28 Å². The zero-order valence-electron chi connectivity index (χ0n) is 15.6. The zero-order chi connectivity index (χ0) is 20.6. The Morgan fingerprint density at radius 1 is 1.36 bits per heavy atom. The van der Waals surface area contributed by atoms with Crippen LogP contribution in [0.3, 0.4) is 0 Å². The third kappa shape index (κ3) is 4.37. The number of hydrogen-bond donors (Lipinski definition) is 1. The first-order valence-electron chi connectivity index (χ1n) is 8.70. The molecule has 152 valence electrons. The number of fused-ring (bicyclic) bond motifs is 1. The Kier molecular flexibility index (Phi) is 5.79. The molecular formula is C17H20Cl2FN5O3. The van der Waals surface area contributed by atoms with Gasteiger partial charge < -0.3 is 9.84 Å². The van der Waals surface area contributed by atoms with E-state index in [1.54, 1.807) is 20.8 Å². The highest BCUT2D eigenvalue weighted by Crippen LogP contribution is 2.31. The van der Waals surface area contributed by atoms with Crippen molar-refractivity contribution in [1.29, 1.82) is 0 Å². The first-order chi connectivity index (χ1) is 13.1. The molecule has 0 aromatic carbocycles. The summed E-state index contributed by atoms with van der Waals surface area (Å²) >= 11 is 11.8. The van der Waals surface area contributed by atoms with Crippen LogP contribution in [-0.4, -0.2) is 56.0 Å². The van der Waals surface area contributed by atoms with Gasteiger partial charge in [0.1, 0.15) is 11.1 Å². The van der Waals surface area contributed by atoms with Crippen LogP contribution in [0.5, 0.6) is 0 Å². The van der Waals surface area contributed by atoms with E-state index in [0.717, 1.165) is 0 Å². The third-order valence-corrected chi connectivity index (χ3v) is 4.46. The van der Waals surface area contributed by atoms with Gasteiger partial charge in [-0.1, -0.05) is 11.6 Å². The summed E-state index contributed by atoms with van der Waals surface area (Å²) in [6.45, 7) is 5.56. The number of hydrazine groups is 1. The number of halogens is 3.